The number of likely N-dealkylation sites (tertiary alicyclic amines) is 1. The lowest BCUT2D eigenvalue weighted by atomic mass is 10.0. The molecule has 2 aromatic carbocycles. The number of hydrogen-bond acceptors (Lipinski definition) is 7. The van der Waals surface area contributed by atoms with Crippen LogP contribution in [0.3, 0.4) is 0 Å². The second-order valence-electron chi connectivity index (χ2n) is 9.12. The number of rotatable bonds is 7. The minimum Gasteiger partial charge on any atom is -0.494 e. The van der Waals surface area contributed by atoms with Gasteiger partial charge in [-0.3, -0.25) is 14.5 Å². The number of carbonyl (C=O) groups is 2. The van der Waals surface area contributed by atoms with Crippen molar-refractivity contribution in [3.8, 4) is 5.75 Å². The SMILES string of the molecule is COc1cc2ncnc(Nc3ccc(F)c(Cl)c3)c2cc1NC(=O)/C=C/CN1CC2CC(=O)C[C@@H]2C1. The summed E-state index contributed by atoms with van der Waals surface area (Å²) < 4.78 is 19.0. The highest BCUT2D eigenvalue weighted by atomic mass is 35.5. The zero-order valence-corrected chi connectivity index (χ0v) is 20.4. The molecule has 1 aliphatic carbocycles. The van der Waals surface area contributed by atoms with Crippen molar-refractivity contribution in [2.24, 2.45) is 11.8 Å². The number of carbonyl (C=O) groups excluding carboxylic acids is 2. The van der Waals surface area contributed by atoms with Gasteiger partial charge < -0.3 is 15.4 Å². The molecule has 2 heterocycles. The summed E-state index contributed by atoms with van der Waals surface area (Å²) in [5, 5.41) is 6.61. The van der Waals surface area contributed by atoms with Crippen LogP contribution in [0.1, 0.15) is 12.8 Å². The van der Waals surface area contributed by atoms with Crippen LogP contribution in [0.5, 0.6) is 5.75 Å². The van der Waals surface area contributed by atoms with Gasteiger partial charge in [0, 0.05) is 55.7 Å². The zero-order chi connectivity index (χ0) is 25.2. The van der Waals surface area contributed by atoms with Crippen LogP contribution in [0, 0.1) is 17.7 Å². The number of methoxy groups -OCH3 is 1. The summed E-state index contributed by atoms with van der Waals surface area (Å²) in [5.41, 5.74) is 1.62. The van der Waals surface area contributed by atoms with Gasteiger partial charge in [-0.05, 0) is 36.1 Å². The Morgan fingerprint density at radius 3 is 2.72 bits per heavy atom. The Kier molecular flexibility index (Phi) is 6.84. The molecule has 1 saturated carbocycles. The molecule has 1 unspecified atom stereocenters. The summed E-state index contributed by atoms with van der Waals surface area (Å²) in [6.45, 7) is 2.46. The average Bonchev–Trinajstić information content (AvgIpc) is 3.38. The molecule has 2 aliphatic rings. The van der Waals surface area contributed by atoms with E-state index < -0.39 is 5.82 Å². The number of ketones is 1. The topological polar surface area (TPSA) is 96.5 Å². The van der Waals surface area contributed by atoms with E-state index in [4.69, 9.17) is 16.3 Å². The fourth-order valence-electron chi connectivity index (χ4n) is 4.96. The van der Waals surface area contributed by atoms with E-state index in [9.17, 15) is 14.0 Å². The van der Waals surface area contributed by atoms with Crippen LogP contribution in [0.25, 0.3) is 10.9 Å². The van der Waals surface area contributed by atoms with Gasteiger partial charge in [0.25, 0.3) is 0 Å². The van der Waals surface area contributed by atoms with Crippen molar-refractivity contribution in [2.75, 3.05) is 37.4 Å². The van der Waals surface area contributed by atoms with Crippen LogP contribution in [-0.4, -0.2) is 53.3 Å². The molecule has 1 aromatic heterocycles. The lowest BCUT2D eigenvalue weighted by Crippen LogP contribution is -2.22. The van der Waals surface area contributed by atoms with Crippen molar-refractivity contribution in [1.29, 1.82) is 0 Å². The highest BCUT2D eigenvalue weighted by Gasteiger charge is 2.39. The number of nitrogens with one attached hydrogen (secondary N) is 2. The molecule has 2 fully saturated rings. The standard InChI is InChI=1S/C26H25ClFN5O3/c1-36-24-11-22-19(26(30-14-29-22)31-17-4-5-21(28)20(27)9-17)10-23(24)32-25(35)3-2-6-33-12-15-7-18(34)8-16(15)13-33/h2-5,9-11,14-16H,6-8,12-13H2,1H3,(H,32,35)(H,29,30,31)/b3-2+/t15-,16?/m1/s1. The van der Waals surface area contributed by atoms with Crippen LogP contribution in [-0.2, 0) is 9.59 Å². The first kappa shape index (κ1) is 24.1. The van der Waals surface area contributed by atoms with Crippen molar-refractivity contribution in [2.45, 2.75) is 12.8 Å². The maximum atomic E-state index is 13.5. The molecule has 0 bridgehead atoms. The average molecular weight is 510 g/mol. The minimum atomic E-state index is -0.514. The predicted octanol–water partition coefficient (Wildman–Crippen LogP) is 4.58. The van der Waals surface area contributed by atoms with Gasteiger partial charge in [-0.15, -0.1) is 0 Å². The molecule has 10 heteroatoms. The van der Waals surface area contributed by atoms with Gasteiger partial charge in [0.2, 0.25) is 5.91 Å². The fourth-order valence-corrected chi connectivity index (χ4v) is 5.14. The third kappa shape index (κ3) is 5.17. The number of hydrogen-bond donors (Lipinski definition) is 2. The maximum Gasteiger partial charge on any atom is 0.248 e. The van der Waals surface area contributed by atoms with Crippen LogP contribution in [0.4, 0.5) is 21.6 Å². The molecule has 1 saturated heterocycles. The molecule has 186 valence electrons. The normalized spacial score (nSPS) is 19.7. The van der Waals surface area contributed by atoms with E-state index in [0.29, 0.717) is 70.9 Å². The van der Waals surface area contributed by atoms with Crippen molar-refractivity contribution in [1.82, 2.24) is 14.9 Å². The molecule has 3 aromatic rings. The summed E-state index contributed by atoms with van der Waals surface area (Å²) in [7, 11) is 1.52. The predicted molar refractivity (Wildman–Crippen MR) is 136 cm³/mol. The van der Waals surface area contributed by atoms with E-state index in [1.54, 1.807) is 18.2 Å². The van der Waals surface area contributed by atoms with E-state index in [1.165, 1.54) is 31.6 Å². The van der Waals surface area contributed by atoms with Crippen LogP contribution >= 0.6 is 11.6 Å². The first-order valence-electron chi connectivity index (χ1n) is 11.7. The van der Waals surface area contributed by atoms with Gasteiger partial charge in [0.05, 0.1) is 23.3 Å². The van der Waals surface area contributed by atoms with Crippen molar-refractivity contribution >= 4 is 51.4 Å². The number of anilines is 3. The maximum absolute atomic E-state index is 13.5. The summed E-state index contributed by atoms with van der Waals surface area (Å²) in [6.07, 6.45) is 6.10. The molecule has 5 rings (SSSR count). The number of benzene rings is 2. The van der Waals surface area contributed by atoms with Gasteiger partial charge in [0.1, 0.15) is 29.5 Å². The Morgan fingerprint density at radius 2 is 2.00 bits per heavy atom. The molecule has 1 amide bonds. The van der Waals surface area contributed by atoms with E-state index in [0.717, 1.165) is 13.1 Å². The summed E-state index contributed by atoms with van der Waals surface area (Å²) >= 11 is 5.90. The molecule has 36 heavy (non-hydrogen) atoms. The first-order valence-corrected chi connectivity index (χ1v) is 12.0. The number of Topliss-reactive ketones (excluding diaryl/α,β-unsaturated/α-hetero) is 1. The van der Waals surface area contributed by atoms with Gasteiger partial charge in [-0.1, -0.05) is 17.7 Å². The number of ether oxygens (including phenoxy) is 1. The van der Waals surface area contributed by atoms with Crippen molar-refractivity contribution in [3.05, 3.63) is 59.7 Å². The van der Waals surface area contributed by atoms with Crippen LogP contribution in [0.15, 0.2) is 48.8 Å². The number of nitrogens with zero attached hydrogens (tertiary/aromatic N) is 3. The number of aromatic nitrogens is 2. The second-order valence-corrected chi connectivity index (χ2v) is 9.53. The van der Waals surface area contributed by atoms with Crippen LogP contribution < -0.4 is 15.4 Å². The third-order valence-corrected chi connectivity index (χ3v) is 6.95. The Labute approximate surface area is 212 Å². The molecule has 8 nitrogen and oxygen atoms in total. The largest absolute Gasteiger partial charge is 0.494 e. The van der Waals surface area contributed by atoms with Crippen molar-refractivity contribution < 1.29 is 18.7 Å². The van der Waals surface area contributed by atoms with E-state index in [-0.39, 0.29) is 10.9 Å². The fraction of sp³-hybridized carbons (Fsp3) is 0.308. The van der Waals surface area contributed by atoms with Gasteiger partial charge in [0.15, 0.2) is 0 Å². The smallest absolute Gasteiger partial charge is 0.248 e. The molecule has 0 spiro atoms. The molecule has 2 atom stereocenters. The monoisotopic (exact) mass is 509 g/mol. The number of halogens is 2. The summed E-state index contributed by atoms with van der Waals surface area (Å²) in [4.78, 5) is 35.1. The molecule has 1 aliphatic heterocycles. The van der Waals surface area contributed by atoms with Gasteiger partial charge in [-0.2, -0.15) is 0 Å². The van der Waals surface area contributed by atoms with Crippen LogP contribution in [0.2, 0.25) is 5.02 Å². The molecular weight excluding hydrogens is 485 g/mol. The Balaban J connectivity index is 1.30. The van der Waals surface area contributed by atoms with Crippen molar-refractivity contribution in [3.63, 3.8) is 0 Å². The number of fused-ring (bicyclic) bond motifs is 2. The van der Waals surface area contributed by atoms with Gasteiger partial charge in [-0.25, -0.2) is 14.4 Å². The molecule has 0 radical (unpaired) electrons. The van der Waals surface area contributed by atoms with E-state index in [1.807, 2.05) is 6.08 Å². The molecule has 2 N–H and O–H groups in total. The number of amides is 1. The van der Waals surface area contributed by atoms with E-state index in [2.05, 4.69) is 25.5 Å². The summed E-state index contributed by atoms with van der Waals surface area (Å²) in [5.74, 6) is 1.40. The summed E-state index contributed by atoms with van der Waals surface area (Å²) in [6, 6.07) is 7.73. The Morgan fingerprint density at radius 1 is 1.22 bits per heavy atom. The lowest BCUT2D eigenvalue weighted by molar-refractivity contribution is -0.118. The highest BCUT2D eigenvalue weighted by molar-refractivity contribution is 6.31. The highest BCUT2D eigenvalue weighted by Crippen LogP contribution is 2.36. The second kappa shape index (κ2) is 10.2. The Bertz CT molecular complexity index is 1350. The third-order valence-electron chi connectivity index (χ3n) is 6.66. The van der Waals surface area contributed by atoms with Gasteiger partial charge >= 0.3 is 0 Å². The minimum absolute atomic E-state index is 0.00889. The zero-order valence-electron chi connectivity index (χ0n) is 19.6. The van der Waals surface area contributed by atoms with E-state index >= 15 is 0 Å². The lowest BCUT2D eigenvalue weighted by Gasteiger charge is -2.14. The molecular formula is C26H25ClFN5O3. The Hall–Kier alpha value is -3.56. The first-order chi connectivity index (χ1) is 17.4. The quantitative estimate of drug-likeness (QED) is 0.450.